The van der Waals surface area contributed by atoms with E-state index < -0.39 is 0 Å². The van der Waals surface area contributed by atoms with E-state index in [9.17, 15) is 0 Å². The second kappa shape index (κ2) is 3.79. The first-order valence-corrected chi connectivity index (χ1v) is 4.76. The minimum atomic E-state index is -0.318. The van der Waals surface area contributed by atoms with Crippen molar-refractivity contribution in [1.29, 1.82) is 5.41 Å². The molecule has 0 heterocycles. The normalized spacial score (nSPS) is 14.5. The van der Waals surface area contributed by atoms with E-state index in [1.807, 2.05) is 51.1 Å². The maximum Gasteiger partial charge on any atom is 0.0501 e. The van der Waals surface area contributed by atoms with Gasteiger partial charge in [0.1, 0.15) is 0 Å². The van der Waals surface area contributed by atoms with Gasteiger partial charge in [-0.2, -0.15) is 0 Å². The largest absolute Gasteiger partial charge is 0.309 e. The summed E-state index contributed by atoms with van der Waals surface area (Å²) in [5, 5.41) is 7.86. The van der Waals surface area contributed by atoms with Gasteiger partial charge in [-0.1, -0.05) is 42.5 Å². The molecule has 0 fully saturated rings. The lowest BCUT2D eigenvalue weighted by Crippen LogP contribution is -2.30. The van der Waals surface area contributed by atoms with E-state index in [1.54, 1.807) is 0 Å². The molecule has 0 aliphatic rings. The number of allylic oxidation sites excluding steroid dienone is 1. The third-order valence-electron chi connectivity index (χ3n) is 2.95. The predicted octanol–water partition coefficient (Wildman–Crippen LogP) is 3.56. The molecule has 1 heteroatoms. The number of hydrogen-bond donors (Lipinski definition) is 1. The van der Waals surface area contributed by atoms with Gasteiger partial charge < -0.3 is 5.41 Å². The van der Waals surface area contributed by atoms with Crippen LogP contribution in [0.4, 0.5) is 0 Å². The summed E-state index contributed by atoms with van der Waals surface area (Å²) in [6, 6.07) is 10.1. The third-order valence-corrected chi connectivity index (χ3v) is 2.95. The summed E-state index contributed by atoms with van der Waals surface area (Å²) in [6.45, 7) is 9.84. The molecular weight excluding hydrogens is 170 g/mol. The molecule has 1 aromatic carbocycles. The van der Waals surface area contributed by atoms with Gasteiger partial charge in [-0.25, -0.2) is 0 Å². The van der Waals surface area contributed by atoms with Crippen molar-refractivity contribution in [3.8, 4) is 0 Å². The minimum Gasteiger partial charge on any atom is -0.309 e. The molecule has 1 aromatic rings. The van der Waals surface area contributed by atoms with E-state index in [4.69, 9.17) is 5.41 Å². The monoisotopic (exact) mass is 187 g/mol. The zero-order valence-electron chi connectivity index (χ0n) is 9.09. The van der Waals surface area contributed by atoms with Gasteiger partial charge in [-0.3, -0.25) is 0 Å². The van der Waals surface area contributed by atoms with Gasteiger partial charge in [0.05, 0.1) is 5.41 Å². The van der Waals surface area contributed by atoms with Crippen molar-refractivity contribution in [2.75, 3.05) is 0 Å². The van der Waals surface area contributed by atoms with Gasteiger partial charge in [0.2, 0.25) is 0 Å². The van der Waals surface area contributed by atoms with Crippen LogP contribution in [0.2, 0.25) is 0 Å². The molecule has 0 radical (unpaired) electrons. The van der Waals surface area contributed by atoms with Gasteiger partial charge >= 0.3 is 0 Å². The zero-order valence-corrected chi connectivity index (χ0v) is 9.09. The molecule has 0 amide bonds. The summed E-state index contributed by atoms with van der Waals surface area (Å²) in [5.74, 6) is 0. The second-order valence-electron chi connectivity index (χ2n) is 3.90. The van der Waals surface area contributed by atoms with Crippen molar-refractivity contribution < 1.29 is 0 Å². The van der Waals surface area contributed by atoms with E-state index >= 15 is 0 Å². The number of rotatable bonds is 3. The molecule has 0 saturated carbocycles. The van der Waals surface area contributed by atoms with Crippen LogP contribution in [-0.2, 0) is 5.41 Å². The fourth-order valence-electron chi connectivity index (χ4n) is 1.55. The highest BCUT2D eigenvalue weighted by atomic mass is 14.5. The Balaban J connectivity index is 3.27. The lowest BCUT2D eigenvalue weighted by atomic mass is 9.74. The Bertz CT molecular complexity index is 335. The maximum absolute atomic E-state index is 7.86. The summed E-state index contributed by atoms with van der Waals surface area (Å²) in [6.07, 6.45) is 0. The van der Waals surface area contributed by atoms with Gasteiger partial charge in [0.15, 0.2) is 0 Å². The summed E-state index contributed by atoms with van der Waals surface area (Å²) in [4.78, 5) is 0. The summed E-state index contributed by atoms with van der Waals surface area (Å²) in [7, 11) is 0. The highest BCUT2D eigenvalue weighted by Gasteiger charge is 2.29. The van der Waals surface area contributed by atoms with E-state index in [0.717, 1.165) is 11.1 Å². The summed E-state index contributed by atoms with van der Waals surface area (Å²) < 4.78 is 0. The molecule has 14 heavy (non-hydrogen) atoms. The molecule has 0 spiro atoms. The first-order chi connectivity index (χ1) is 6.49. The van der Waals surface area contributed by atoms with Crippen LogP contribution in [0, 0.1) is 5.41 Å². The number of nitrogens with one attached hydrogen (secondary N) is 1. The van der Waals surface area contributed by atoms with Crippen molar-refractivity contribution >= 4 is 5.71 Å². The number of benzene rings is 1. The van der Waals surface area contributed by atoms with Crippen LogP contribution in [0.5, 0.6) is 0 Å². The quantitative estimate of drug-likeness (QED) is 0.552. The zero-order chi connectivity index (χ0) is 10.8. The Hall–Kier alpha value is -1.37. The molecule has 1 atom stereocenters. The molecule has 74 valence electrons. The number of hydrogen-bond acceptors (Lipinski definition) is 1. The molecule has 0 aliphatic carbocycles. The SMILES string of the molecule is C=C(C)C(C)(C(C)=N)c1ccccc1. The molecule has 1 rings (SSSR count). The molecule has 1 nitrogen and oxygen atoms in total. The van der Waals surface area contributed by atoms with Crippen LogP contribution < -0.4 is 0 Å². The van der Waals surface area contributed by atoms with Crippen molar-refractivity contribution in [1.82, 2.24) is 0 Å². The Labute approximate surface area is 86.0 Å². The lowest BCUT2D eigenvalue weighted by molar-refractivity contribution is 0.744. The standard InChI is InChI=1S/C13H17N/c1-10(2)13(4,11(3)14)12-8-6-5-7-9-12/h5-9,14H,1H2,2-4H3. The predicted molar refractivity (Wildman–Crippen MR) is 62.0 cm³/mol. The molecule has 1 N–H and O–H groups in total. The molecule has 0 aliphatic heterocycles. The van der Waals surface area contributed by atoms with Crippen molar-refractivity contribution in [3.63, 3.8) is 0 Å². The average Bonchev–Trinajstić information content (AvgIpc) is 2.17. The highest BCUT2D eigenvalue weighted by Crippen LogP contribution is 2.31. The Morgan fingerprint density at radius 2 is 1.71 bits per heavy atom. The van der Waals surface area contributed by atoms with Crippen LogP contribution in [-0.4, -0.2) is 5.71 Å². The van der Waals surface area contributed by atoms with E-state index in [2.05, 4.69) is 6.58 Å². The smallest absolute Gasteiger partial charge is 0.0501 e. The first kappa shape index (κ1) is 10.7. The fourth-order valence-corrected chi connectivity index (χ4v) is 1.55. The molecule has 0 bridgehead atoms. The Morgan fingerprint density at radius 3 is 2.07 bits per heavy atom. The Morgan fingerprint density at radius 1 is 1.21 bits per heavy atom. The van der Waals surface area contributed by atoms with Crippen LogP contribution in [0.1, 0.15) is 26.3 Å². The van der Waals surface area contributed by atoms with Gasteiger partial charge in [-0.15, -0.1) is 0 Å². The van der Waals surface area contributed by atoms with E-state index in [1.165, 1.54) is 0 Å². The van der Waals surface area contributed by atoms with Crippen molar-refractivity contribution in [2.45, 2.75) is 26.2 Å². The average molecular weight is 187 g/mol. The highest BCUT2D eigenvalue weighted by molar-refractivity contribution is 5.93. The maximum atomic E-state index is 7.86. The minimum absolute atomic E-state index is 0.318. The molecular formula is C13H17N. The van der Waals surface area contributed by atoms with E-state index in [0.29, 0.717) is 5.71 Å². The topological polar surface area (TPSA) is 23.9 Å². The van der Waals surface area contributed by atoms with E-state index in [-0.39, 0.29) is 5.41 Å². The van der Waals surface area contributed by atoms with Crippen LogP contribution in [0.3, 0.4) is 0 Å². The van der Waals surface area contributed by atoms with Gasteiger partial charge in [0, 0.05) is 5.71 Å². The molecule has 0 saturated heterocycles. The molecule has 1 unspecified atom stereocenters. The fraction of sp³-hybridized carbons (Fsp3) is 0.308. The van der Waals surface area contributed by atoms with Crippen LogP contribution in [0.25, 0.3) is 0 Å². The van der Waals surface area contributed by atoms with Gasteiger partial charge in [0.25, 0.3) is 0 Å². The third kappa shape index (κ3) is 1.63. The summed E-state index contributed by atoms with van der Waals surface area (Å²) >= 11 is 0. The van der Waals surface area contributed by atoms with Crippen molar-refractivity contribution in [2.24, 2.45) is 0 Å². The first-order valence-electron chi connectivity index (χ1n) is 4.76. The van der Waals surface area contributed by atoms with Crippen LogP contribution >= 0.6 is 0 Å². The lowest BCUT2D eigenvalue weighted by Gasteiger charge is -2.30. The Kier molecular flexibility index (Phi) is 2.90. The van der Waals surface area contributed by atoms with Crippen molar-refractivity contribution in [3.05, 3.63) is 48.0 Å². The summed E-state index contributed by atoms with van der Waals surface area (Å²) in [5.41, 5.74) is 2.47. The van der Waals surface area contributed by atoms with Gasteiger partial charge in [-0.05, 0) is 26.3 Å². The second-order valence-corrected chi connectivity index (χ2v) is 3.90. The molecule has 0 aromatic heterocycles. The van der Waals surface area contributed by atoms with Crippen LogP contribution in [0.15, 0.2) is 42.5 Å².